The lowest BCUT2D eigenvalue weighted by molar-refractivity contribution is 0.00794. The number of ether oxygens (including phenoxy) is 3. The summed E-state index contributed by atoms with van der Waals surface area (Å²) in [5, 5.41) is 9.92. The first kappa shape index (κ1) is 24.1. The van der Waals surface area contributed by atoms with Crippen LogP contribution in [-0.2, 0) is 19.2 Å². The molecule has 10 heteroatoms. The minimum Gasteiger partial charge on any atom is -0.470 e. The molecule has 8 nitrogen and oxygen atoms in total. The average Bonchev–Trinajstić information content (AvgIpc) is 3.54. The summed E-state index contributed by atoms with van der Waals surface area (Å²) in [6.45, 7) is 0.519. The average molecular weight is 524 g/mol. The van der Waals surface area contributed by atoms with E-state index in [1.54, 1.807) is 18.6 Å². The number of benzene rings is 2. The van der Waals surface area contributed by atoms with Gasteiger partial charge in [0.1, 0.15) is 24.0 Å². The molecular weight excluding hydrogens is 497 g/mol. The van der Waals surface area contributed by atoms with Crippen molar-refractivity contribution in [1.82, 2.24) is 9.97 Å². The number of hydrogen-bond acceptors (Lipinski definition) is 7. The van der Waals surface area contributed by atoms with Crippen LogP contribution in [0.4, 0.5) is 10.1 Å². The normalized spacial score (nSPS) is 23.4. The van der Waals surface area contributed by atoms with Gasteiger partial charge in [-0.15, -0.1) is 0 Å². The maximum Gasteiger partial charge on any atom is 0.193 e. The van der Waals surface area contributed by atoms with Gasteiger partial charge < -0.3 is 24.3 Å². The monoisotopic (exact) mass is 523 g/mol. The van der Waals surface area contributed by atoms with Crippen molar-refractivity contribution in [3.05, 3.63) is 66.5 Å². The molecule has 0 spiro atoms. The molecule has 0 bridgehead atoms. The van der Waals surface area contributed by atoms with Crippen molar-refractivity contribution in [2.45, 2.75) is 24.4 Å². The van der Waals surface area contributed by atoms with Gasteiger partial charge >= 0.3 is 0 Å². The molecule has 0 amide bonds. The molecule has 2 N–H and O–H groups in total. The number of rotatable bonds is 5. The molecule has 0 saturated carbocycles. The van der Waals surface area contributed by atoms with Crippen LogP contribution in [0.2, 0.25) is 0 Å². The fraction of sp³-hybridized carbons (Fsp3) is 0.296. The number of nitrogens with zero attached hydrogens (tertiary/aromatic N) is 2. The van der Waals surface area contributed by atoms with Crippen molar-refractivity contribution < 1.29 is 27.9 Å². The predicted octanol–water partition coefficient (Wildman–Crippen LogP) is 4.30. The lowest BCUT2D eigenvalue weighted by Gasteiger charge is -2.16. The van der Waals surface area contributed by atoms with Gasteiger partial charge in [-0.2, -0.15) is 4.36 Å². The third-order valence-corrected chi connectivity index (χ3v) is 7.10. The lowest BCUT2D eigenvalue weighted by Crippen LogP contribution is -2.34. The quantitative estimate of drug-likeness (QED) is 0.404. The number of halogens is 1. The van der Waals surface area contributed by atoms with E-state index in [0.717, 1.165) is 11.1 Å². The van der Waals surface area contributed by atoms with Crippen LogP contribution in [0, 0.1) is 5.82 Å². The van der Waals surface area contributed by atoms with Gasteiger partial charge in [0.2, 0.25) is 0 Å². The van der Waals surface area contributed by atoms with Gasteiger partial charge in [0.25, 0.3) is 0 Å². The summed E-state index contributed by atoms with van der Waals surface area (Å²) in [5.41, 5.74) is 4.44. The molecule has 192 valence electrons. The highest BCUT2D eigenvalue weighted by Gasteiger charge is 2.48. The highest BCUT2D eigenvalue weighted by atomic mass is 32.2. The van der Waals surface area contributed by atoms with E-state index in [1.165, 1.54) is 6.07 Å². The van der Waals surface area contributed by atoms with Crippen molar-refractivity contribution in [3.63, 3.8) is 0 Å². The van der Waals surface area contributed by atoms with Gasteiger partial charge in [0, 0.05) is 39.9 Å². The summed E-state index contributed by atoms with van der Waals surface area (Å²) in [6, 6.07) is 18.1. The van der Waals surface area contributed by atoms with Gasteiger partial charge in [-0.25, -0.2) is 13.6 Å². The smallest absolute Gasteiger partial charge is 0.193 e. The molecule has 2 aliphatic heterocycles. The van der Waals surface area contributed by atoms with Crippen molar-refractivity contribution in [2.75, 3.05) is 25.7 Å². The largest absolute Gasteiger partial charge is 0.470 e. The summed E-state index contributed by atoms with van der Waals surface area (Å²) in [5.74, 6) is -0.0244. The Kier molecular flexibility index (Phi) is 5.99. The first-order valence-electron chi connectivity index (χ1n) is 11.9. The Labute approximate surface area is 213 Å². The molecule has 0 radical (unpaired) electrons. The number of hydrogen-bond donors (Lipinski definition) is 2. The molecule has 0 unspecified atom stereocenters. The van der Waals surface area contributed by atoms with Gasteiger partial charge in [0.15, 0.2) is 17.8 Å². The zero-order valence-corrected chi connectivity index (χ0v) is 21.1. The zero-order valence-electron chi connectivity index (χ0n) is 20.3. The van der Waals surface area contributed by atoms with E-state index in [9.17, 15) is 9.32 Å². The maximum absolute atomic E-state index is 15.0. The van der Waals surface area contributed by atoms with E-state index in [4.69, 9.17) is 14.2 Å². The zero-order chi connectivity index (χ0) is 25.7. The lowest BCUT2D eigenvalue weighted by atomic mass is 10.0. The molecule has 6 rings (SSSR count). The fourth-order valence-electron chi connectivity index (χ4n) is 4.80. The highest BCUT2D eigenvalue weighted by Crippen LogP contribution is 2.33. The van der Waals surface area contributed by atoms with Crippen LogP contribution in [0.25, 0.3) is 33.4 Å². The number of aliphatic hydroxyl groups excluding tert-OH is 1. The predicted molar refractivity (Wildman–Crippen MR) is 139 cm³/mol. The summed E-state index contributed by atoms with van der Waals surface area (Å²) < 4.78 is 48.6. The third kappa shape index (κ3) is 4.85. The van der Waals surface area contributed by atoms with Crippen molar-refractivity contribution >= 4 is 26.4 Å². The molecule has 4 aromatic rings. The minimum atomic E-state index is -2.26. The molecular formula is C27H26FN3O5S. The van der Waals surface area contributed by atoms with Gasteiger partial charge in [-0.3, -0.25) is 0 Å². The number of nitrogens with one attached hydrogen (secondary N) is 1. The molecule has 0 aliphatic carbocycles. The van der Waals surface area contributed by atoms with E-state index < -0.39 is 27.8 Å². The second kappa shape index (κ2) is 9.21. The van der Waals surface area contributed by atoms with Crippen LogP contribution < -0.4 is 4.74 Å². The summed E-state index contributed by atoms with van der Waals surface area (Å²) in [4.78, 5) is 7.60. The number of aromatic nitrogens is 2. The molecule has 37 heavy (non-hydrogen) atoms. The Morgan fingerprint density at radius 2 is 1.78 bits per heavy atom. The van der Waals surface area contributed by atoms with E-state index in [1.807, 2.05) is 48.5 Å². The van der Waals surface area contributed by atoms with Crippen molar-refractivity contribution in [1.29, 1.82) is 0 Å². The van der Waals surface area contributed by atoms with Crippen molar-refractivity contribution in [3.8, 4) is 28.3 Å². The van der Waals surface area contributed by atoms with Crippen LogP contribution in [-0.4, -0.2) is 69.4 Å². The Morgan fingerprint density at radius 1 is 1.03 bits per heavy atom. The third-order valence-electron chi connectivity index (χ3n) is 6.45. The standard InChI is InChI=1S/C27H26FN3O5S/c1-37(2,33)31-18-5-3-4-17(10-18)15-6-8-16(9-7-15)25-19(28)11-20-21(30-25)12-24(29-20)36-23-14-35-26-22(32)13-34-27(23)26/h3-12,22-23,26-27,29,32H,13-14H2,1-2H3/t22-,23-,26-,27-/m1/s1. The number of H-pyrrole nitrogens is 1. The molecule has 2 aliphatic rings. The molecule has 2 fully saturated rings. The number of aliphatic hydroxyl groups is 1. The second-order valence-electron chi connectivity index (χ2n) is 9.60. The Balaban J connectivity index is 1.24. The van der Waals surface area contributed by atoms with Crippen LogP contribution >= 0.6 is 0 Å². The Bertz CT molecular complexity index is 1590. The van der Waals surface area contributed by atoms with E-state index >= 15 is 4.39 Å². The van der Waals surface area contributed by atoms with Crippen LogP contribution in [0.5, 0.6) is 5.88 Å². The van der Waals surface area contributed by atoms with Crippen molar-refractivity contribution in [2.24, 2.45) is 4.36 Å². The van der Waals surface area contributed by atoms with Gasteiger partial charge in [-0.05, 0) is 23.3 Å². The van der Waals surface area contributed by atoms with E-state index in [2.05, 4.69) is 14.3 Å². The first-order chi connectivity index (χ1) is 17.7. The molecule has 4 atom stereocenters. The van der Waals surface area contributed by atoms with Crippen LogP contribution in [0.15, 0.2) is 65.0 Å². The van der Waals surface area contributed by atoms with E-state index in [0.29, 0.717) is 34.8 Å². The van der Waals surface area contributed by atoms with E-state index in [-0.39, 0.29) is 24.5 Å². The highest BCUT2D eigenvalue weighted by molar-refractivity contribution is 7.92. The van der Waals surface area contributed by atoms with Crippen LogP contribution in [0.3, 0.4) is 0 Å². The summed E-state index contributed by atoms with van der Waals surface area (Å²) in [6.07, 6.45) is 1.43. The van der Waals surface area contributed by atoms with Crippen LogP contribution in [0.1, 0.15) is 0 Å². The number of fused-ring (bicyclic) bond motifs is 2. The Hall–Kier alpha value is -3.31. The van der Waals surface area contributed by atoms with Gasteiger partial charge in [0.05, 0.1) is 29.9 Å². The number of pyridine rings is 1. The molecule has 2 aromatic heterocycles. The second-order valence-corrected chi connectivity index (χ2v) is 12.2. The minimum absolute atomic E-state index is 0.219. The summed E-state index contributed by atoms with van der Waals surface area (Å²) >= 11 is 0. The SMILES string of the molecule is CS(C)(=O)=Nc1cccc(-c2ccc(-c3nc4cc(O[C@@H]5CO[C@H]6[C@@H]5OC[C@H]6O)[nH]c4cc3F)cc2)c1. The molecule has 4 heterocycles. The molecule has 2 saturated heterocycles. The topological polar surface area (TPSA) is 106 Å². The Morgan fingerprint density at radius 3 is 2.57 bits per heavy atom. The van der Waals surface area contributed by atoms with Gasteiger partial charge in [-0.1, -0.05) is 36.4 Å². The molecule has 2 aromatic carbocycles. The first-order valence-corrected chi connectivity index (χ1v) is 14.2. The summed E-state index contributed by atoms with van der Waals surface area (Å²) in [7, 11) is -2.26. The maximum atomic E-state index is 15.0. The number of aromatic amines is 1. The fourth-order valence-corrected chi connectivity index (χ4v) is 5.42.